The second kappa shape index (κ2) is 7.74. The highest BCUT2D eigenvalue weighted by Crippen LogP contribution is 2.25. The molecular formula is C16H24N2O3S. The van der Waals surface area contributed by atoms with Crippen molar-refractivity contribution < 1.29 is 13.2 Å². The zero-order valence-corrected chi connectivity index (χ0v) is 13.8. The molecule has 0 aliphatic heterocycles. The maximum atomic E-state index is 12.3. The smallest absolute Gasteiger partial charge is 0.221 e. The standard InChI is InChI=1S/C16H24N2O3S/c1-17-9-3-10-18-16(19)8-11-22(20,21)15-7-6-13-4-2-5-14(13)12-15/h6-7,12,17H,2-5,8-11H2,1H3,(H,18,19). The summed E-state index contributed by atoms with van der Waals surface area (Å²) in [6.07, 6.45) is 3.92. The quantitative estimate of drug-likeness (QED) is 0.701. The first kappa shape index (κ1) is 17.0. The van der Waals surface area contributed by atoms with E-state index in [4.69, 9.17) is 0 Å². The monoisotopic (exact) mass is 324 g/mol. The lowest BCUT2D eigenvalue weighted by atomic mass is 10.1. The van der Waals surface area contributed by atoms with Gasteiger partial charge in [-0.2, -0.15) is 0 Å². The van der Waals surface area contributed by atoms with Gasteiger partial charge in [0.2, 0.25) is 5.91 Å². The van der Waals surface area contributed by atoms with Crippen LogP contribution in [0, 0.1) is 0 Å². The summed E-state index contributed by atoms with van der Waals surface area (Å²) in [7, 11) is -1.53. The van der Waals surface area contributed by atoms with E-state index in [-0.39, 0.29) is 18.1 Å². The van der Waals surface area contributed by atoms with Gasteiger partial charge >= 0.3 is 0 Å². The molecule has 0 fully saturated rings. The van der Waals surface area contributed by atoms with Crippen molar-refractivity contribution >= 4 is 15.7 Å². The summed E-state index contributed by atoms with van der Waals surface area (Å²) >= 11 is 0. The fraction of sp³-hybridized carbons (Fsp3) is 0.562. The molecule has 1 aromatic rings. The number of sulfone groups is 1. The van der Waals surface area contributed by atoms with Crippen molar-refractivity contribution in [3.8, 4) is 0 Å². The minimum atomic E-state index is -3.39. The number of rotatable bonds is 8. The molecule has 5 nitrogen and oxygen atoms in total. The summed E-state index contributed by atoms with van der Waals surface area (Å²) < 4.78 is 24.6. The van der Waals surface area contributed by atoms with Crippen molar-refractivity contribution in [3.63, 3.8) is 0 Å². The van der Waals surface area contributed by atoms with E-state index in [0.29, 0.717) is 11.4 Å². The largest absolute Gasteiger partial charge is 0.356 e. The van der Waals surface area contributed by atoms with Gasteiger partial charge in [0.25, 0.3) is 0 Å². The van der Waals surface area contributed by atoms with E-state index in [2.05, 4.69) is 10.6 Å². The zero-order chi connectivity index (χ0) is 16.0. The van der Waals surface area contributed by atoms with Crippen molar-refractivity contribution in [2.45, 2.75) is 37.0 Å². The van der Waals surface area contributed by atoms with E-state index >= 15 is 0 Å². The van der Waals surface area contributed by atoms with Crippen molar-refractivity contribution in [3.05, 3.63) is 29.3 Å². The Kier molecular flexibility index (Phi) is 5.97. The Hall–Kier alpha value is -1.40. The molecule has 0 unspecified atom stereocenters. The van der Waals surface area contributed by atoms with E-state index in [9.17, 15) is 13.2 Å². The summed E-state index contributed by atoms with van der Waals surface area (Å²) in [6.45, 7) is 1.40. The van der Waals surface area contributed by atoms with Gasteiger partial charge < -0.3 is 10.6 Å². The highest BCUT2D eigenvalue weighted by Gasteiger charge is 2.19. The maximum absolute atomic E-state index is 12.3. The van der Waals surface area contributed by atoms with Gasteiger partial charge in [0.05, 0.1) is 10.6 Å². The third kappa shape index (κ3) is 4.55. The molecular weight excluding hydrogens is 300 g/mol. The predicted octanol–water partition coefficient (Wildman–Crippen LogP) is 1.06. The average molecular weight is 324 g/mol. The van der Waals surface area contributed by atoms with Crippen LogP contribution in [-0.4, -0.2) is 40.2 Å². The number of benzene rings is 1. The van der Waals surface area contributed by atoms with Gasteiger partial charge in [0.1, 0.15) is 0 Å². The van der Waals surface area contributed by atoms with Crippen LogP contribution in [0.1, 0.15) is 30.4 Å². The molecule has 0 saturated carbocycles. The van der Waals surface area contributed by atoms with E-state index in [1.165, 1.54) is 5.56 Å². The van der Waals surface area contributed by atoms with Gasteiger partial charge in [-0.3, -0.25) is 4.79 Å². The first-order chi connectivity index (χ1) is 10.5. The topological polar surface area (TPSA) is 75.3 Å². The van der Waals surface area contributed by atoms with Crippen LogP contribution in [0.3, 0.4) is 0 Å². The van der Waals surface area contributed by atoms with Gasteiger partial charge in [-0.25, -0.2) is 8.42 Å². The first-order valence-electron chi connectivity index (χ1n) is 7.79. The number of fused-ring (bicyclic) bond motifs is 1. The van der Waals surface area contributed by atoms with Gasteiger partial charge in [0.15, 0.2) is 9.84 Å². The van der Waals surface area contributed by atoms with Gasteiger partial charge in [-0.1, -0.05) is 6.07 Å². The van der Waals surface area contributed by atoms with Crippen LogP contribution in [0.4, 0.5) is 0 Å². The Morgan fingerprint density at radius 2 is 1.95 bits per heavy atom. The molecule has 1 amide bonds. The molecule has 0 bridgehead atoms. The molecule has 0 spiro atoms. The fourth-order valence-corrected chi connectivity index (χ4v) is 3.95. The fourth-order valence-electron chi connectivity index (χ4n) is 2.67. The third-order valence-electron chi connectivity index (χ3n) is 3.95. The molecule has 22 heavy (non-hydrogen) atoms. The summed E-state index contributed by atoms with van der Waals surface area (Å²) in [5, 5.41) is 5.73. The summed E-state index contributed by atoms with van der Waals surface area (Å²) in [4.78, 5) is 12.0. The molecule has 6 heteroatoms. The molecule has 1 aromatic carbocycles. The molecule has 122 valence electrons. The normalized spacial score (nSPS) is 13.9. The number of carbonyl (C=O) groups excluding carboxylic acids is 1. The second-order valence-corrected chi connectivity index (χ2v) is 7.77. The number of nitrogens with one attached hydrogen (secondary N) is 2. The van der Waals surface area contributed by atoms with Crippen LogP contribution >= 0.6 is 0 Å². The summed E-state index contributed by atoms with van der Waals surface area (Å²) in [6, 6.07) is 5.36. The molecule has 0 saturated heterocycles. The Balaban J connectivity index is 1.87. The van der Waals surface area contributed by atoms with Crippen molar-refractivity contribution in [2.24, 2.45) is 0 Å². The predicted molar refractivity (Wildman–Crippen MR) is 86.7 cm³/mol. The molecule has 1 aliphatic carbocycles. The second-order valence-electron chi connectivity index (χ2n) is 5.66. The minimum Gasteiger partial charge on any atom is -0.356 e. The zero-order valence-electron chi connectivity index (χ0n) is 13.0. The highest BCUT2D eigenvalue weighted by atomic mass is 32.2. The molecule has 1 aliphatic rings. The summed E-state index contributed by atoms with van der Waals surface area (Å²) in [5.41, 5.74) is 2.39. The van der Waals surface area contributed by atoms with E-state index in [1.807, 2.05) is 13.1 Å². The number of amides is 1. The first-order valence-corrected chi connectivity index (χ1v) is 9.44. The minimum absolute atomic E-state index is 0.0129. The van der Waals surface area contributed by atoms with Gasteiger partial charge in [0, 0.05) is 13.0 Å². The molecule has 0 radical (unpaired) electrons. The van der Waals surface area contributed by atoms with Crippen molar-refractivity contribution in [1.82, 2.24) is 10.6 Å². The number of hydrogen-bond donors (Lipinski definition) is 2. The Labute approximate surface area is 132 Å². The number of carbonyl (C=O) groups is 1. The van der Waals surface area contributed by atoms with Crippen LogP contribution in [-0.2, 0) is 27.5 Å². The van der Waals surface area contributed by atoms with Crippen LogP contribution in [0.2, 0.25) is 0 Å². The van der Waals surface area contributed by atoms with E-state index < -0.39 is 9.84 Å². The van der Waals surface area contributed by atoms with Crippen LogP contribution in [0.25, 0.3) is 0 Å². The lowest BCUT2D eigenvalue weighted by molar-refractivity contribution is -0.120. The van der Waals surface area contributed by atoms with Crippen molar-refractivity contribution in [2.75, 3.05) is 25.9 Å². The Morgan fingerprint density at radius 1 is 1.18 bits per heavy atom. The lowest BCUT2D eigenvalue weighted by Gasteiger charge is -2.08. The maximum Gasteiger partial charge on any atom is 0.221 e. The molecule has 0 heterocycles. The van der Waals surface area contributed by atoms with E-state index in [0.717, 1.165) is 37.8 Å². The van der Waals surface area contributed by atoms with Crippen LogP contribution in [0.5, 0.6) is 0 Å². The van der Waals surface area contributed by atoms with Crippen LogP contribution in [0.15, 0.2) is 23.1 Å². The molecule has 2 rings (SSSR count). The molecule has 0 aromatic heterocycles. The number of aryl methyl sites for hydroxylation is 2. The third-order valence-corrected chi connectivity index (χ3v) is 5.67. The van der Waals surface area contributed by atoms with Gasteiger partial charge in [-0.15, -0.1) is 0 Å². The van der Waals surface area contributed by atoms with Crippen molar-refractivity contribution in [1.29, 1.82) is 0 Å². The van der Waals surface area contributed by atoms with E-state index in [1.54, 1.807) is 12.1 Å². The SMILES string of the molecule is CNCCCNC(=O)CCS(=O)(=O)c1ccc2c(c1)CCC2. The lowest BCUT2D eigenvalue weighted by Crippen LogP contribution is -2.28. The summed E-state index contributed by atoms with van der Waals surface area (Å²) in [5.74, 6) is -0.343. The molecule has 0 atom stereocenters. The van der Waals surface area contributed by atoms with Crippen LogP contribution < -0.4 is 10.6 Å². The highest BCUT2D eigenvalue weighted by molar-refractivity contribution is 7.91. The average Bonchev–Trinajstić information content (AvgIpc) is 2.97. The molecule has 2 N–H and O–H groups in total. The van der Waals surface area contributed by atoms with Gasteiger partial charge in [-0.05, 0) is 62.5 Å². The Morgan fingerprint density at radius 3 is 2.73 bits per heavy atom. The number of hydrogen-bond acceptors (Lipinski definition) is 4. The Bertz CT molecular complexity index is 626.